The van der Waals surface area contributed by atoms with Gasteiger partial charge >= 0.3 is 29.6 Å². The van der Waals surface area contributed by atoms with Gasteiger partial charge in [-0.15, -0.1) is 0 Å². The summed E-state index contributed by atoms with van der Waals surface area (Å²) in [6.07, 6.45) is 0. The molecule has 0 amide bonds. The third-order valence-corrected chi connectivity index (χ3v) is 0. The van der Waals surface area contributed by atoms with Crippen molar-refractivity contribution in [3.63, 3.8) is 0 Å². The van der Waals surface area contributed by atoms with Crippen molar-refractivity contribution in [3.8, 4) is 0 Å². The molecule has 0 nitrogen and oxygen atoms in total. The molecular formula is H19F18Na. The Morgan fingerprint density at radius 1 is 0.158 bits per heavy atom. The van der Waals surface area contributed by atoms with E-state index in [1.54, 1.807) is 0 Å². The molecule has 0 aromatic heterocycles. The van der Waals surface area contributed by atoms with Gasteiger partial charge in [0.1, 0.15) is 0 Å². The van der Waals surface area contributed by atoms with Crippen LogP contribution in [0.15, 0.2) is 0 Å². The van der Waals surface area contributed by atoms with Crippen LogP contribution in [-0.4, -0.2) is 0 Å². The number of hydrogen-bond donors (Lipinski definition) is 0. The average Bonchev–Trinajstić information content (AvgIpc) is 0. The smallest absolute Gasteiger partial charge is 1.00 e. The summed E-state index contributed by atoms with van der Waals surface area (Å²) in [7, 11) is 0. The molecule has 0 radical (unpaired) electrons. The second kappa shape index (κ2) is 73500. The van der Waals surface area contributed by atoms with E-state index in [4.69, 9.17) is 0 Å². The molecule has 146 valence electrons. The Kier molecular flexibility index (Phi) is 338000000. The van der Waals surface area contributed by atoms with Crippen molar-refractivity contribution < 1.29 is 116 Å². The third kappa shape index (κ3) is 65000. The van der Waals surface area contributed by atoms with Crippen LogP contribution in [0.4, 0.5) is 84.7 Å². The minimum absolute atomic E-state index is 0. The molecule has 0 aromatic rings. The van der Waals surface area contributed by atoms with E-state index in [-0.39, 0.29) is 116 Å². The Morgan fingerprint density at radius 3 is 0.158 bits per heavy atom. The second-order valence-electron chi connectivity index (χ2n) is 0. The van der Waals surface area contributed by atoms with Crippen molar-refractivity contribution in [1.29, 1.82) is 0 Å². The van der Waals surface area contributed by atoms with E-state index in [1.807, 2.05) is 0 Å². The number of rotatable bonds is 0. The van der Waals surface area contributed by atoms with Gasteiger partial charge in [-0.2, -0.15) is 0 Å². The molecule has 0 spiro atoms. The molecule has 0 N–H and O–H groups in total. The molecule has 0 aliphatic carbocycles. The van der Waals surface area contributed by atoms with Gasteiger partial charge in [-0.1, -0.05) is 0 Å². The van der Waals surface area contributed by atoms with Crippen molar-refractivity contribution in [2.45, 2.75) is 0 Å². The molecule has 0 aliphatic rings. The minimum Gasteiger partial charge on any atom is -1.00 e. The van der Waals surface area contributed by atoms with Gasteiger partial charge < -0.3 is 1.43 Å². The molecule has 0 aromatic carbocycles. The first-order chi connectivity index (χ1) is 0. The van der Waals surface area contributed by atoms with Crippen LogP contribution < -0.4 is 29.6 Å². The van der Waals surface area contributed by atoms with Gasteiger partial charge in [-0.05, 0) is 0 Å². The summed E-state index contributed by atoms with van der Waals surface area (Å²) in [6, 6.07) is 0. The maximum atomic E-state index is 0. The molecule has 0 bridgehead atoms. The summed E-state index contributed by atoms with van der Waals surface area (Å²) in [5.41, 5.74) is 0. The first kappa shape index (κ1) is 87200. The van der Waals surface area contributed by atoms with Gasteiger partial charge in [0.25, 0.3) is 0 Å². The third-order valence-electron chi connectivity index (χ3n) is 0. The Bertz CT molecular complexity index is 11.4. The van der Waals surface area contributed by atoms with Gasteiger partial charge in [-0.3, -0.25) is 84.7 Å². The summed E-state index contributed by atoms with van der Waals surface area (Å²) >= 11 is 0. The van der Waals surface area contributed by atoms with Crippen LogP contribution in [0.1, 0.15) is 1.43 Å². The molecule has 19 heavy (non-hydrogen) atoms. The Balaban J connectivity index is 0. The Morgan fingerprint density at radius 2 is 0.158 bits per heavy atom. The number of hydrogen-bond acceptors (Lipinski definition) is 0. The molecule has 0 fully saturated rings. The zero-order valence-corrected chi connectivity index (χ0v) is 10.3. The average molecular weight is 384 g/mol. The van der Waals surface area contributed by atoms with Crippen molar-refractivity contribution in [1.82, 2.24) is 0 Å². The van der Waals surface area contributed by atoms with Gasteiger partial charge in [-0.25, -0.2) is 0 Å². The largest absolute Gasteiger partial charge is 1.00 e. The van der Waals surface area contributed by atoms with Crippen LogP contribution in [0.3, 0.4) is 0 Å². The van der Waals surface area contributed by atoms with Crippen LogP contribution >= 0.6 is 0 Å². The monoisotopic (exact) mass is 384 g/mol. The first-order valence-corrected chi connectivity index (χ1v) is 0. The fourth-order valence-electron chi connectivity index (χ4n) is 0. The van der Waals surface area contributed by atoms with Crippen LogP contribution in [-0.2, 0) is 0 Å². The minimum atomic E-state index is 0. The van der Waals surface area contributed by atoms with Gasteiger partial charge in [0, 0.05) is 0 Å². The standard InChI is InChI=1S/18FH.Na.H/h18*1H;;/q;;;;;;;;;;;;;;;;;;+1;-1. The fraction of sp³-hybridized carbons (Fsp3) is 0. The maximum Gasteiger partial charge on any atom is 1.00 e. The topological polar surface area (TPSA) is 0 Å². The molecule has 19 heteroatoms. The second-order valence-corrected chi connectivity index (χ2v) is 0. The molecule has 0 saturated heterocycles. The fourth-order valence-corrected chi connectivity index (χ4v) is 0. The molecule has 0 unspecified atom stereocenters. The molecule has 0 saturated carbocycles. The molecule has 0 heterocycles. The summed E-state index contributed by atoms with van der Waals surface area (Å²) in [5, 5.41) is 0. The Hall–Kier alpha value is -0.260. The zero-order valence-electron chi connectivity index (χ0n) is 9.35. The summed E-state index contributed by atoms with van der Waals surface area (Å²) in [5.74, 6) is 0. The predicted molar refractivity (Wildman–Crippen MR) is 46.2 cm³/mol. The summed E-state index contributed by atoms with van der Waals surface area (Å²) in [4.78, 5) is 0. The van der Waals surface area contributed by atoms with Crippen LogP contribution in [0.5, 0.6) is 0 Å². The summed E-state index contributed by atoms with van der Waals surface area (Å²) in [6.45, 7) is 0. The van der Waals surface area contributed by atoms with E-state index in [1.165, 1.54) is 0 Å². The first-order valence-electron chi connectivity index (χ1n) is 0. The van der Waals surface area contributed by atoms with Crippen molar-refractivity contribution in [3.05, 3.63) is 0 Å². The van der Waals surface area contributed by atoms with Gasteiger partial charge in [0.05, 0.1) is 0 Å². The molecular weight excluding hydrogens is 365 g/mol. The van der Waals surface area contributed by atoms with Gasteiger partial charge in [0.2, 0.25) is 0 Å². The van der Waals surface area contributed by atoms with Crippen molar-refractivity contribution in [2.24, 2.45) is 0 Å². The van der Waals surface area contributed by atoms with E-state index < -0.39 is 0 Å². The number of halogens is 18. The summed E-state index contributed by atoms with van der Waals surface area (Å²) < 4.78 is 0. The van der Waals surface area contributed by atoms with Crippen molar-refractivity contribution in [2.75, 3.05) is 0 Å². The van der Waals surface area contributed by atoms with E-state index in [0.717, 1.165) is 0 Å². The van der Waals surface area contributed by atoms with E-state index in [0.29, 0.717) is 0 Å². The molecule has 0 atom stereocenters. The molecule has 0 rings (SSSR count). The predicted octanol–water partition coefficient (Wildman–Crippen LogP) is -0.138. The van der Waals surface area contributed by atoms with Crippen LogP contribution in [0, 0.1) is 0 Å². The van der Waals surface area contributed by atoms with E-state index >= 15 is 0 Å². The van der Waals surface area contributed by atoms with E-state index in [2.05, 4.69) is 0 Å². The van der Waals surface area contributed by atoms with Crippen LogP contribution in [0.25, 0.3) is 0 Å². The van der Waals surface area contributed by atoms with Gasteiger partial charge in [0.15, 0.2) is 0 Å². The quantitative estimate of drug-likeness (QED) is 0.403. The van der Waals surface area contributed by atoms with Crippen molar-refractivity contribution >= 4 is 0 Å². The van der Waals surface area contributed by atoms with E-state index in [9.17, 15) is 0 Å². The van der Waals surface area contributed by atoms with Crippen LogP contribution in [0.2, 0.25) is 0 Å². The SMILES string of the molecule is F.F.F.F.F.F.F.F.F.F.F.F.F.F.F.F.F.F.[H-].[Na+]. The zero-order chi connectivity index (χ0) is 0. The molecule has 0 aliphatic heterocycles. The normalized spacial score (nSPS) is 0. The Labute approximate surface area is 116 Å². The maximum absolute atomic E-state index is 0.